The summed E-state index contributed by atoms with van der Waals surface area (Å²) in [6.07, 6.45) is -2.55. The zero-order chi connectivity index (χ0) is 29.4. The summed E-state index contributed by atoms with van der Waals surface area (Å²) in [5.41, 5.74) is 4.11. The summed E-state index contributed by atoms with van der Waals surface area (Å²) in [6.45, 7) is 3.11. The van der Waals surface area contributed by atoms with Gasteiger partial charge in [-0.25, -0.2) is 0 Å². The van der Waals surface area contributed by atoms with Gasteiger partial charge in [-0.3, -0.25) is 4.79 Å². The number of carbonyl (C=O) groups is 1. The van der Waals surface area contributed by atoms with Gasteiger partial charge in [0.05, 0.1) is 50.5 Å². The largest absolute Gasteiger partial charge is 0.374 e. The maximum Gasteiger partial charge on any atom is 0.165 e. The van der Waals surface area contributed by atoms with E-state index in [0.29, 0.717) is 19.8 Å². The van der Waals surface area contributed by atoms with Crippen molar-refractivity contribution in [1.29, 1.82) is 0 Å². The first-order chi connectivity index (χ1) is 21.2. The van der Waals surface area contributed by atoms with Gasteiger partial charge in [-0.05, 0) is 29.2 Å². The van der Waals surface area contributed by atoms with E-state index in [-0.39, 0.29) is 18.3 Å². The molecule has 222 valence electrons. The molecule has 0 saturated carbocycles. The lowest BCUT2D eigenvalue weighted by Crippen LogP contribution is -2.58. The summed E-state index contributed by atoms with van der Waals surface area (Å²) in [7, 11) is 0. The first kappa shape index (κ1) is 29.4. The molecule has 0 aliphatic carbocycles. The van der Waals surface area contributed by atoms with Gasteiger partial charge in [0.2, 0.25) is 0 Å². The Morgan fingerprint density at radius 2 is 1.12 bits per heavy atom. The summed E-state index contributed by atoms with van der Waals surface area (Å²) < 4.78 is 32.9. The van der Waals surface area contributed by atoms with E-state index in [2.05, 4.69) is 0 Å². The molecule has 6 nitrogen and oxygen atoms in total. The number of fused-ring (bicyclic) bond motifs is 1. The molecular formula is C37H38O6. The molecule has 0 radical (unpaired) electrons. The lowest BCUT2D eigenvalue weighted by molar-refractivity contribution is -0.287. The number of hydrogen-bond acceptors (Lipinski definition) is 6. The summed E-state index contributed by atoms with van der Waals surface area (Å²) in [4.78, 5) is 13.3. The van der Waals surface area contributed by atoms with Gasteiger partial charge in [0, 0.05) is 0 Å². The molecule has 4 aromatic carbocycles. The van der Waals surface area contributed by atoms with Crippen LogP contribution in [0.2, 0.25) is 0 Å². The van der Waals surface area contributed by atoms with E-state index in [1.807, 2.05) is 121 Å². The van der Waals surface area contributed by atoms with Crippen LogP contribution in [0.4, 0.5) is 0 Å². The number of benzene rings is 4. The number of hydrogen-bond donors (Lipinski definition) is 0. The highest BCUT2D eigenvalue weighted by Gasteiger charge is 2.58. The molecular weight excluding hydrogens is 540 g/mol. The Balaban J connectivity index is 1.32. The fourth-order valence-corrected chi connectivity index (χ4v) is 6.21. The van der Waals surface area contributed by atoms with Crippen LogP contribution < -0.4 is 0 Å². The quantitative estimate of drug-likeness (QED) is 0.187. The van der Waals surface area contributed by atoms with Gasteiger partial charge >= 0.3 is 0 Å². The molecule has 0 amide bonds. The first-order valence-corrected chi connectivity index (χ1v) is 15.0. The van der Waals surface area contributed by atoms with Crippen LogP contribution in [0.25, 0.3) is 0 Å². The standard InChI is InChI=1S/C37H38O6/c1-26(38)32-33-36(41-24-29-18-10-4-11-19-29)35(40-23-28-16-8-3-9-17-28)31(25-39-22-27-14-6-2-7-15-27)42-37(33)43-34(32)30-20-12-5-13-21-30/h2-21,31-37H,22-25H2,1H3/t31-,32+,33-,34-,35-,36-,37-/m1/s1. The molecule has 7 atom stereocenters. The van der Waals surface area contributed by atoms with Crippen LogP contribution in [0.3, 0.4) is 0 Å². The Hall–Kier alpha value is -3.65. The summed E-state index contributed by atoms with van der Waals surface area (Å²) >= 11 is 0. The molecule has 43 heavy (non-hydrogen) atoms. The topological polar surface area (TPSA) is 63.2 Å². The maximum atomic E-state index is 13.3. The average molecular weight is 579 g/mol. The molecule has 0 N–H and O–H groups in total. The van der Waals surface area contributed by atoms with Crippen molar-refractivity contribution in [3.05, 3.63) is 144 Å². The maximum absolute atomic E-state index is 13.3. The van der Waals surface area contributed by atoms with Gasteiger partial charge in [0.15, 0.2) is 6.29 Å². The Morgan fingerprint density at radius 3 is 1.65 bits per heavy atom. The van der Waals surface area contributed by atoms with Gasteiger partial charge in [-0.2, -0.15) is 0 Å². The van der Waals surface area contributed by atoms with Gasteiger partial charge in [-0.1, -0.05) is 121 Å². The van der Waals surface area contributed by atoms with Crippen molar-refractivity contribution in [3.63, 3.8) is 0 Å². The van der Waals surface area contributed by atoms with E-state index in [0.717, 1.165) is 22.3 Å². The lowest BCUT2D eigenvalue weighted by Gasteiger charge is -2.44. The summed E-state index contributed by atoms with van der Waals surface area (Å²) in [5.74, 6) is -0.779. The Morgan fingerprint density at radius 1 is 0.628 bits per heavy atom. The highest BCUT2D eigenvalue weighted by molar-refractivity contribution is 5.80. The average Bonchev–Trinajstić information content (AvgIpc) is 3.44. The van der Waals surface area contributed by atoms with Gasteiger partial charge in [-0.15, -0.1) is 0 Å². The smallest absolute Gasteiger partial charge is 0.165 e. The molecule has 4 aromatic rings. The van der Waals surface area contributed by atoms with E-state index in [9.17, 15) is 4.79 Å². The van der Waals surface area contributed by atoms with Crippen LogP contribution in [0.1, 0.15) is 35.3 Å². The molecule has 6 heteroatoms. The summed E-state index contributed by atoms with van der Waals surface area (Å²) in [5, 5.41) is 0. The van der Waals surface area contributed by atoms with Crippen molar-refractivity contribution < 1.29 is 28.5 Å². The highest BCUT2D eigenvalue weighted by atomic mass is 16.7. The molecule has 0 spiro atoms. The van der Waals surface area contributed by atoms with Crippen molar-refractivity contribution in [3.8, 4) is 0 Å². The molecule has 0 aromatic heterocycles. The van der Waals surface area contributed by atoms with Crippen LogP contribution >= 0.6 is 0 Å². The predicted octanol–water partition coefficient (Wildman–Crippen LogP) is 6.69. The number of ether oxygens (including phenoxy) is 5. The van der Waals surface area contributed by atoms with Gasteiger partial charge in [0.25, 0.3) is 0 Å². The van der Waals surface area contributed by atoms with Crippen LogP contribution in [0.5, 0.6) is 0 Å². The van der Waals surface area contributed by atoms with Crippen LogP contribution in [0.15, 0.2) is 121 Å². The third-order valence-corrected chi connectivity index (χ3v) is 8.28. The van der Waals surface area contributed by atoms with Crippen LogP contribution in [0, 0.1) is 11.8 Å². The molecule has 0 unspecified atom stereocenters. The fourth-order valence-electron chi connectivity index (χ4n) is 6.21. The molecule has 6 rings (SSSR count). The van der Waals surface area contributed by atoms with Crippen LogP contribution in [-0.4, -0.2) is 37.0 Å². The number of rotatable bonds is 12. The molecule has 2 fully saturated rings. The Kier molecular flexibility index (Phi) is 9.73. The Labute approximate surface area is 253 Å². The van der Waals surface area contributed by atoms with E-state index < -0.39 is 36.6 Å². The minimum atomic E-state index is -0.651. The minimum Gasteiger partial charge on any atom is -0.374 e. The number of Topliss-reactive ketones (excluding diaryl/α,β-unsaturated/α-hetero) is 1. The first-order valence-electron chi connectivity index (χ1n) is 15.0. The van der Waals surface area contributed by atoms with Crippen molar-refractivity contribution >= 4 is 5.78 Å². The van der Waals surface area contributed by atoms with E-state index >= 15 is 0 Å². The molecule has 2 heterocycles. The zero-order valence-corrected chi connectivity index (χ0v) is 24.4. The monoisotopic (exact) mass is 578 g/mol. The fraction of sp³-hybridized carbons (Fsp3) is 0.324. The number of carbonyl (C=O) groups excluding carboxylic acids is 1. The zero-order valence-electron chi connectivity index (χ0n) is 24.4. The number of ketones is 1. The van der Waals surface area contributed by atoms with Gasteiger partial charge < -0.3 is 23.7 Å². The molecule has 0 bridgehead atoms. The summed E-state index contributed by atoms with van der Waals surface area (Å²) in [6, 6.07) is 40.1. The SMILES string of the molecule is CC(=O)[C@H]1[C@H]2[C@@H](O[C@@H]1c1ccccc1)O[C@H](COCc1ccccc1)[C@@H](OCc1ccccc1)[C@@H]2OCc1ccccc1. The minimum absolute atomic E-state index is 0.0406. The normalized spacial score (nSPS) is 26.6. The molecule has 2 saturated heterocycles. The molecule has 2 aliphatic heterocycles. The van der Waals surface area contributed by atoms with Crippen molar-refractivity contribution in [2.45, 2.75) is 57.5 Å². The predicted molar refractivity (Wildman–Crippen MR) is 163 cm³/mol. The van der Waals surface area contributed by atoms with Crippen molar-refractivity contribution in [2.75, 3.05) is 6.61 Å². The van der Waals surface area contributed by atoms with Crippen molar-refractivity contribution in [1.82, 2.24) is 0 Å². The highest BCUT2D eigenvalue weighted by Crippen LogP contribution is 2.49. The van der Waals surface area contributed by atoms with E-state index in [1.165, 1.54) is 0 Å². The van der Waals surface area contributed by atoms with E-state index in [4.69, 9.17) is 23.7 Å². The third-order valence-electron chi connectivity index (χ3n) is 8.28. The van der Waals surface area contributed by atoms with E-state index in [1.54, 1.807) is 6.92 Å². The van der Waals surface area contributed by atoms with Crippen LogP contribution in [-0.2, 0) is 48.3 Å². The van der Waals surface area contributed by atoms with Gasteiger partial charge in [0.1, 0.15) is 18.0 Å². The Bertz CT molecular complexity index is 1410. The van der Waals surface area contributed by atoms with Crippen molar-refractivity contribution in [2.24, 2.45) is 11.8 Å². The lowest BCUT2D eigenvalue weighted by atomic mass is 9.77. The molecule has 2 aliphatic rings. The second-order valence-corrected chi connectivity index (χ2v) is 11.2. The second kappa shape index (κ2) is 14.2. The second-order valence-electron chi connectivity index (χ2n) is 11.2. The third kappa shape index (κ3) is 7.12.